The molecule has 5 nitrogen and oxygen atoms in total. The summed E-state index contributed by atoms with van der Waals surface area (Å²) in [7, 11) is 0. The first kappa shape index (κ1) is 16.9. The lowest BCUT2D eigenvalue weighted by atomic mass is 10.00. The fraction of sp³-hybridized carbons (Fsp3) is 0.474. The summed E-state index contributed by atoms with van der Waals surface area (Å²) < 4.78 is 16.2. The molecule has 24 heavy (non-hydrogen) atoms. The predicted octanol–water partition coefficient (Wildman–Crippen LogP) is 3.70. The molecule has 0 bridgehead atoms. The number of hydrogen-bond donors (Lipinski definition) is 0. The summed E-state index contributed by atoms with van der Waals surface area (Å²) in [6.45, 7) is 4.45. The highest BCUT2D eigenvalue weighted by atomic mass is 16.5. The van der Waals surface area contributed by atoms with Crippen LogP contribution in [0, 0.1) is 12.8 Å². The van der Waals surface area contributed by atoms with Crippen LogP contribution < -0.4 is 0 Å². The van der Waals surface area contributed by atoms with Crippen LogP contribution in [-0.4, -0.2) is 24.2 Å². The minimum atomic E-state index is 0.0237. The molecule has 1 aliphatic rings. The Morgan fingerprint density at radius 2 is 2.25 bits per heavy atom. The van der Waals surface area contributed by atoms with Gasteiger partial charge in [-0.15, -0.1) is 0 Å². The number of benzene rings is 1. The molecule has 1 aromatic heterocycles. The van der Waals surface area contributed by atoms with Gasteiger partial charge in [-0.3, -0.25) is 4.79 Å². The Morgan fingerprint density at radius 3 is 3.04 bits per heavy atom. The Labute approximate surface area is 141 Å². The maximum atomic E-state index is 12.1. The summed E-state index contributed by atoms with van der Waals surface area (Å²) in [4.78, 5) is 12.1. The van der Waals surface area contributed by atoms with Crippen LogP contribution in [0.2, 0.25) is 0 Å². The van der Waals surface area contributed by atoms with Gasteiger partial charge in [0.25, 0.3) is 0 Å². The molecule has 0 aliphatic carbocycles. The quantitative estimate of drug-likeness (QED) is 0.691. The Bertz CT molecular complexity index is 674. The molecular weight excluding hydrogens is 306 g/mol. The van der Waals surface area contributed by atoms with Crippen LogP contribution >= 0.6 is 0 Å². The predicted molar refractivity (Wildman–Crippen MR) is 88.7 cm³/mol. The number of aryl methyl sites for hydroxylation is 1. The zero-order chi connectivity index (χ0) is 16.8. The monoisotopic (exact) mass is 329 g/mol. The van der Waals surface area contributed by atoms with E-state index in [4.69, 9.17) is 14.0 Å². The first-order chi connectivity index (χ1) is 11.7. The van der Waals surface area contributed by atoms with Gasteiger partial charge in [-0.25, -0.2) is 0 Å². The Kier molecular flexibility index (Phi) is 5.77. The third-order valence-corrected chi connectivity index (χ3v) is 4.24. The zero-order valence-corrected chi connectivity index (χ0v) is 14.0. The number of carbonyl (C=O) groups is 1. The van der Waals surface area contributed by atoms with Crippen molar-refractivity contribution in [2.75, 3.05) is 13.2 Å². The number of Topliss-reactive ketones (excluding diaryl/α,β-unsaturated/α-hetero) is 1. The van der Waals surface area contributed by atoms with Crippen molar-refractivity contribution >= 4 is 5.78 Å². The van der Waals surface area contributed by atoms with E-state index in [1.165, 1.54) is 5.56 Å². The summed E-state index contributed by atoms with van der Waals surface area (Å²) in [6, 6.07) is 9.85. The van der Waals surface area contributed by atoms with E-state index in [9.17, 15) is 4.79 Å². The number of ketones is 1. The summed E-state index contributed by atoms with van der Waals surface area (Å²) >= 11 is 0. The van der Waals surface area contributed by atoms with Crippen molar-refractivity contribution in [3.05, 3.63) is 52.9 Å². The maximum absolute atomic E-state index is 12.1. The molecule has 0 N–H and O–H groups in total. The molecule has 1 saturated heterocycles. The highest BCUT2D eigenvalue weighted by molar-refractivity contribution is 5.94. The second kappa shape index (κ2) is 8.22. The van der Waals surface area contributed by atoms with E-state index in [1.807, 2.05) is 12.1 Å². The van der Waals surface area contributed by atoms with E-state index in [2.05, 4.69) is 24.2 Å². The van der Waals surface area contributed by atoms with Crippen molar-refractivity contribution in [1.82, 2.24) is 5.16 Å². The number of ether oxygens (including phenoxy) is 2. The number of rotatable bonds is 8. The average Bonchev–Trinajstić information content (AvgIpc) is 3.24. The summed E-state index contributed by atoms with van der Waals surface area (Å²) in [6.07, 6.45) is 2.39. The molecule has 128 valence electrons. The van der Waals surface area contributed by atoms with Crippen LogP contribution in [0.4, 0.5) is 0 Å². The van der Waals surface area contributed by atoms with E-state index in [0.29, 0.717) is 37.0 Å². The minimum Gasteiger partial charge on any atom is -0.381 e. The van der Waals surface area contributed by atoms with E-state index in [-0.39, 0.29) is 5.78 Å². The van der Waals surface area contributed by atoms with Crippen molar-refractivity contribution in [2.24, 2.45) is 5.92 Å². The van der Waals surface area contributed by atoms with Gasteiger partial charge in [-0.2, -0.15) is 0 Å². The fourth-order valence-electron chi connectivity index (χ4n) is 2.86. The molecule has 1 unspecified atom stereocenters. The average molecular weight is 329 g/mol. The molecule has 2 aromatic rings. The lowest BCUT2D eigenvalue weighted by Crippen LogP contribution is -2.05. The smallest absolute Gasteiger partial charge is 0.184 e. The van der Waals surface area contributed by atoms with E-state index in [0.717, 1.165) is 31.6 Å². The van der Waals surface area contributed by atoms with Crippen LogP contribution in [0.25, 0.3) is 0 Å². The van der Waals surface area contributed by atoms with E-state index in [1.54, 1.807) is 6.07 Å². The Balaban J connectivity index is 1.43. The zero-order valence-electron chi connectivity index (χ0n) is 14.0. The van der Waals surface area contributed by atoms with Crippen LogP contribution in [0.3, 0.4) is 0 Å². The van der Waals surface area contributed by atoms with Crippen LogP contribution in [-0.2, 0) is 22.7 Å². The third-order valence-electron chi connectivity index (χ3n) is 4.24. The van der Waals surface area contributed by atoms with E-state index >= 15 is 0 Å². The van der Waals surface area contributed by atoms with Crippen molar-refractivity contribution in [3.63, 3.8) is 0 Å². The SMILES string of the molecule is Cc1cccc(COCc2cc(C(=O)CCC3CCOC3)no2)c1. The molecule has 0 saturated carbocycles. The van der Waals surface area contributed by atoms with Gasteiger partial charge in [0.15, 0.2) is 11.5 Å². The maximum Gasteiger partial charge on any atom is 0.184 e. The number of aromatic nitrogens is 1. The summed E-state index contributed by atoms with van der Waals surface area (Å²) in [5.41, 5.74) is 2.71. The number of carbonyl (C=O) groups excluding carboxylic acids is 1. The minimum absolute atomic E-state index is 0.0237. The first-order valence-corrected chi connectivity index (χ1v) is 8.40. The molecule has 0 spiro atoms. The molecule has 2 heterocycles. The van der Waals surface area contributed by atoms with Gasteiger partial charge in [0.1, 0.15) is 12.3 Å². The molecule has 3 rings (SSSR count). The second-order valence-electron chi connectivity index (χ2n) is 6.35. The van der Waals surface area contributed by atoms with Crippen LogP contribution in [0.15, 0.2) is 34.9 Å². The topological polar surface area (TPSA) is 61.6 Å². The number of hydrogen-bond acceptors (Lipinski definition) is 5. The lowest BCUT2D eigenvalue weighted by Gasteiger charge is -2.04. The molecule has 1 aliphatic heterocycles. The Morgan fingerprint density at radius 1 is 1.33 bits per heavy atom. The largest absolute Gasteiger partial charge is 0.381 e. The van der Waals surface area contributed by atoms with Gasteiger partial charge in [-0.1, -0.05) is 35.0 Å². The molecule has 5 heteroatoms. The summed E-state index contributed by atoms with van der Waals surface area (Å²) in [5.74, 6) is 1.10. The molecule has 1 atom stereocenters. The number of nitrogens with zero attached hydrogens (tertiary/aromatic N) is 1. The van der Waals surface area contributed by atoms with Crippen molar-refractivity contribution in [1.29, 1.82) is 0 Å². The van der Waals surface area contributed by atoms with Gasteiger partial charge >= 0.3 is 0 Å². The van der Waals surface area contributed by atoms with Gasteiger partial charge in [0.05, 0.1) is 6.61 Å². The summed E-state index contributed by atoms with van der Waals surface area (Å²) in [5, 5.41) is 3.87. The first-order valence-electron chi connectivity index (χ1n) is 8.40. The molecule has 0 radical (unpaired) electrons. The van der Waals surface area contributed by atoms with Crippen LogP contribution in [0.5, 0.6) is 0 Å². The third kappa shape index (κ3) is 4.76. The van der Waals surface area contributed by atoms with Gasteiger partial charge in [0, 0.05) is 25.7 Å². The normalized spacial score (nSPS) is 17.3. The van der Waals surface area contributed by atoms with Crippen molar-refractivity contribution in [3.8, 4) is 0 Å². The van der Waals surface area contributed by atoms with Crippen molar-refractivity contribution in [2.45, 2.75) is 39.4 Å². The standard InChI is InChI=1S/C19H23NO4/c1-14-3-2-4-16(9-14)12-23-13-17-10-18(20-24-17)19(21)6-5-15-7-8-22-11-15/h2-4,9-10,15H,5-8,11-13H2,1H3. The van der Waals surface area contributed by atoms with Crippen LogP contribution in [0.1, 0.15) is 46.6 Å². The highest BCUT2D eigenvalue weighted by Gasteiger charge is 2.19. The molecule has 1 fully saturated rings. The second-order valence-corrected chi connectivity index (χ2v) is 6.35. The van der Waals surface area contributed by atoms with Gasteiger partial charge in [0.2, 0.25) is 0 Å². The van der Waals surface area contributed by atoms with E-state index < -0.39 is 0 Å². The molecule has 1 aromatic carbocycles. The van der Waals surface area contributed by atoms with Gasteiger partial charge in [-0.05, 0) is 31.2 Å². The Hall–Kier alpha value is -1.98. The highest BCUT2D eigenvalue weighted by Crippen LogP contribution is 2.19. The lowest BCUT2D eigenvalue weighted by molar-refractivity contribution is 0.0879. The van der Waals surface area contributed by atoms with Gasteiger partial charge < -0.3 is 14.0 Å². The molecular formula is C19H23NO4. The molecule has 0 amide bonds. The fourth-order valence-corrected chi connectivity index (χ4v) is 2.86. The van der Waals surface area contributed by atoms with Crippen molar-refractivity contribution < 1.29 is 18.8 Å².